The second-order valence-electron chi connectivity index (χ2n) is 7.69. The number of aliphatic hydroxyl groups is 3. The molecule has 0 aliphatic heterocycles. The van der Waals surface area contributed by atoms with Crippen molar-refractivity contribution >= 4 is 0 Å². The molecule has 124 valence electrons. The Morgan fingerprint density at radius 2 is 1.67 bits per heavy atom. The van der Waals surface area contributed by atoms with Gasteiger partial charge in [-0.15, -0.1) is 0 Å². The van der Waals surface area contributed by atoms with Crippen molar-refractivity contribution in [2.24, 2.45) is 16.7 Å². The quantitative estimate of drug-likeness (QED) is 0.347. The lowest BCUT2D eigenvalue weighted by atomic mass is 9.68. The number of hydrogen-bond acceptors (Lipinski definition) is 3. The highest BCUT2D eigenvalue weighted by Gasteiger charge is 2.71. The summed E-state index contributed by atoms with van der Waals surface area (Å²) in [5, 5.41) is 30.4. The molecule has 5 heteroatoms. The molecule has 21 heavy (non-hydrogen) atoms. The molecule has 0 radical (unpaired) electrons. The molecule has 0 heterocycles. The number of aliphatic hydroxyl groups excluding tert-OH is 3. The monoisotopic (exact) mass is 302 g/mol. The lowest BCUT2D eigenvalue weighted by molar-refractivity contribution is -0.953. The van der Waals surface area contributed by atoms with E-state index in [0.29, 0.717) is 31.1 Å². The van der Waals surface area contributed by atoms with E-state index in [4.69, 9.17) is 0 Å². The summed E-state index contributed by atoms with van der Waals surface area (Å²) in [5.74, 6) is 0.659. The van der Waals surface area contributed by atoms with Gasteiger partial charge in [0.1, 0.15) is 25.2 Å². The lowest BCUT2D eigenvalue weighted by Gasteiger charge is -2.42. The van der Waals surface area contributed by atoms with E-state index >= 15 is 0 Å². The molecule has 2 aliphatic carbocycles. The van der Waals surface area contributed by atoms with Crippen LogP contribution in [0.1, 0.15) is 33.6 Å². The van der Waals surface area contributed by atoms with Gasteiger partial charge in [-0.25, -0.2) is 0 Å². The highest BCUT2D eigenvalue weighted by Crippen LogP contribution is 2.63. The summed E-state index contributed by atoms with van der Waals surface area (Å²) >= 11 is 0. The smallest absolute Gasteiger partial charge is 0.146 e. The number of rotatable bonds is 8. The van der Waals surface area contributed by atoms with Crippen molar-refractivity contribution in [1.82, 2.24) is 0 Å². The van der Waals surface area contributed by atoms with E-state index in [9.17, 15) is 15.3 Å². The Hall–Kier alpha value is -0.200. The minimum atomic E-state index is 0.166. The van der Waals surface area contributed by atoms with E-state index in [1.807, 2.05) is 0 Å². The number of nitrogens with two attached hydrogens (primary N) is 1. The van der Waals surface area contributed by atoms with E-state index in [2.05, 4.69) is 26.1 Å². The highest BCUT2D eigenvalue weighted by molar-refractivity contribution is 5.14. The predicted molar refractivity (Wildman–Crippen MR) is 80.9 cm³/mol. The Bertz CT molecular complexity index is 344. The van der Waals surface area contributed by atoms with Crippen LogP contribution in [0.5, 0.6) is 0 Å². The maximum Gasteiger partial charge on any atom is 0.146 e. The van der Waals surface area contributed by atoms with Crippen LogP contribution in [0.25, 0.3) is 0 Å². The van der Waals surface area contributed by atoms with Gasteiger partial charge < -0.3 is 25.5 Å². The largest absolute Gasteiger partial charge is 0.391 e. The van der Waals surface area contributed by atoms with Crippen LogP contribution in [0.15, 0.2) is 0 Å². The van der Waals surface area contributed by atoms with Crippen LogP contribution < -0.4 is 10.2 Å². The van der Waals surface area contributed by atoms with Crippen molar-refractivity contribution < 1.29 is 25.5 Å². The van der Waals surface area contributed by atoms with Crippen molar-refractivity contribution in [2.75, 3.05) is 39.5 Å². The summed E-state index contributed by atoms with van der Waals surface area (Å²) in [6.07, 6.45) is 2.50. The fourth-order valence-electron chi connectivity index (χ4n) is 5.46. The fourth-order valence-corrected chi connectivity index (χ4v) is 5.46. The van der Waals surface area contributed by atoms with E-state index in [1.54, 1.807) is 0 Å². The first kappa shape index (κ1) is 17.2. The molecule has 0 amide bonds. The Morgan fingerprint density at radius 3 is 2.19 bits per heavy atom. The standard InChI is InChI=1S/C16H32N2O3/c1-15(2)12-4-5-16(15,3)14(13(12)17-6-9-19)18(7-10-20)8-11-21/h12-14,17,19-21H,4-11H2,1-3H3/p+2/t12-,13-,14-,16+/m1/s1. The van der Waals surface area contributed by atoms with Gasteiger partial charge in [-0.1, -0.05) is 20.8 Å². The summed E-state index contributed by atoms with van der Waals surface area (Å²) in [6.45, 7) is 9.87. The number of hydrogen-bond donors (Lipinski definition) is 5. The summed E-state index contributed by atoms with van der Waals surface area (Å²) < 4.78 is 0. The Kier molecular flexibility index (Phi) is 5.31. The second kappa shape index (κ2) is 6.50. The molecule has 5 nitrogen and oxygen atoms in total. The predicted octanol–water partition coefficient (Wildman–Crippen LogP) is -2.40. The highest BCUT2D eigenvalue weighted by atomic mass is 16.3. The summed E-state index contributed by atoms with van der Waals surface area (Å²) in [5.41, 5.74) is 0.526. The Morgan fingerprint density at radius 1 is 1.05 bits per heavy atom. The van der Waals surface area contributed by atoms with E-state index in [-0.39, 0.29) is 30.7 Å². The molecule has 0 saturated heterocycles. The SMILES string of the molecule is CC1(C)[C@@H]2CC[C@@]1(C)[C@H]([NH+](CCO)CCO)[C@@H]2[NH2+]CCO. The van der Waals surface area contributed by atoms with Crippen molar-refractivity contribution in [3.63, 3.8) is 0 Å². The van der Waals surface area contributed by atoms with Gasteiger partial charge in [0, 0.05) is 11.3 Å². The maximum atomic E-state index is 9.42. The molecule has 0 aromatic carbocycles. The zero-order chi connectivity index (χ0) is 15.7. The van der Waals surface area contributed by atoms with Gasteiger partial charge in [0.15, 0.2) is 0 Å². The van der Waals surface area contributed by atoms with Gasteiger partial charge in [-0.05, 0) is 18.3 Å². The molecule has 0 aromatic heterocycles. The van der Waals surface area contributed by atoms with E-state index in [1.165, 1.54) is 17.7 Å². The van der Waals surface area contributed by atoms with Gasteiger partial charge >= 0.3 is 0 Å². The number of nitrogens with one attached hydrogen (secondary N) is 1. The van der Waals surface area contributed by atoms with Crippen LogP contribution in [0.2, 0.25) is 0 Å². The molecular weight excluding hydrogens is 268 g/mol. The van der Waals surface area contributed by atoms with Crippen LogP contribution >= 0.6 is 0 Å². The molecule has 2 fully saturated rings. The summed E-state index contributed by atoms with van der Waals surface area (Å²) in [6, 6.07) is 0.927. The third kappa shape index (κ3) is 2.63. The molecule has 4 atom stereocenters. The first-order valence-corrected chi connectivity index (χ1v) is 8.44. The molecule has 2 aliphatic rings. The fraction of sp³-hybridized carbons (Fsp3) is 1.00. The zero-order valence-corrected chi connectivity index (χ0v) is 13.8. The second-order valence-corrected chi connectivity index (χ2v) is 7.69. The van der Waals surface area contributed by atoms with Crippen LogP contribution in [-0.4, -0.2) is 66.9 Å². The van der Waals surface area contributed by atoms with Crippen molar-refractivity contribution in [2.45, 2.75) is 45.7 Å². The number of quaternary nitrogens is 2. The van der Waals surface area contributed by atoms with Crippen LogP contribution in [0.4, 0.5) is 0 Å². The molecular formula is C16H34N2O3+2. The van der Waals surface area contributed by atoms with Gasteiger partial charge in [0.05, 0.1) is 26.4 Å². The van der Waals surface area contributed by atoms with E-state index < -0.39 is 0 Å². The van der Waals surface area contributed by atoms with Crippen LogP contribution in [0.3, 0.4) is 0 Å². The van der Waals surface area contributed by atoms with Gasteiger partial charge in [0.2, 0.25) is 0 Å². The molecule has 2 rings (SSSR count). The minimum absolute atomic E-state index is 0.166. The van der Waals surface area contributed by atoms with E-state index in [0.717, 1.165) is 6.54 Å². The lowest BCUT2D eigenvalue weighted by Crippen LogP contribution is -3.22. The third-order valence-electron chi connectivity index (χ3n) is 6.78. The first-order chi connectivity index (χ1) is 9.94. The minimum Gasteiger partial charge on any atom is -0.391 e. The third-order valence-corrected chi connectivity index (χ3v) is 6.78. The molecule has 0 aromatic rings. The van der Waals surface area contributed by atoms with Crippen molar-refractivity contribution in [3.8, 4) is 0 Å². The Balaban J connectivity index is 2.29. The number of fused-ring (bicyclic) bond motifs is 2. The molecule has 6 N–H and O–H groups in total. The maximum absolute atomic E-state index is 9.42. The molecule has 2 saturated carbocycles. The molecule has 0 spiro atoms. The van der Waals surface area contributed by atoms with Crippen molar-refractivity contribution in [1.29, 1.82) is 0 Å². The average molecular weight is 302 g/mol. The summed E-state index contributed by atoms with van der Waals surface area (Å²) in [7, 11) is 0. The molecule has 2 bridgehead atoms. The zero-order valence-electron chi connectivity index (χ0n) is 13.8. The average Bonchev–Trinajstić information content (AvgIpc) is 2.75. The topological polar surface area (TPSA) is 81.7 Å². The normalized spacial score (nSPS) is 37.6. The van der Waals surface area contributed by atoms with Gasteiger partial charge in [-0.2, -0.15) is 0 Å². The summed E-state index contributed by atoms with van der Waals surface area (Å²) in [4.78, 5) is 1.33. The first-order valence-electron chi connectivity index (χ1n) is 8.44. The Labute approximate surface area is 128 Å². The van der Waals surface area contributed by atoms with Gasteiger partial charge in [-0.3, -0.25) is 0 Å². The van der Waals surface area contributed by atoms with Crippen LogP contribution in [0, 0.1) is 16.7 Å². The van der Waals surface area contributed by atoms with Crippen molar-refractivity contribution in [3.05, 3.63) is 0 Å². The van der Waals surface area contributed by atoms with Gasteiger partial charge in [0.25, 0.3) is 0 Å². The van der Waals surface area contributed by atoms with Crippen LogP contribution in [-0.2, 0) is 0 Å². The molecule has 0 unspecified atom stereocenters.